The maximum atomic E-state index is 14.4. The van der Waals surface area contributed by atoms with Gasteiger partial charge in [0.15, 0.2) is 5.60 Å². The number of methoxy groups -OCH3 is 2. The largest absolute Gasteiger partial charge is 0.490 e. The number of rotatable bonds is 3. The van der Waals surface area contributed by atoms with E-state index in [1.54, 1.807) is 25.3 Å². The number of hydrogen-bond donors (Lipinski definition) is 1. The number of alkyl halides is 3. The molecule has 3 aliphatic heterocycles. The van der Waals surface area contributed by atoms with Crippen LogP contribution in [0.1, 0.15) is 60.5 Å². The van der Waals surface area contributed by atoms with Crippen molar-refractivity contribution in [2.24, 2.45) is 22.1 Å². The number of carbonyl (C=O) groups is 2. The summed E-state index contributed by atoms with van der Waals surface area (Å²) >= 11 is 6.43. The molecule has 2 aromatic carbocycles. The summed E-state index contributed by atoms with van der Waals surface area (Å²) in [5.74, 6) is -0.130. The van der Waals surface area contributed by atoms with Crippen LogP contribution in [0.4, 0.5) is 23.7 Å². The van der Waals surface area contributed by atoms with Gasteiger partial charge in [-0.25, -0.2) is 9.00 Å². The minimum Gasteiger partial charge on any atom is -0.490 e. The number of nitrogens with one attached hydrogen (secondary N) is 1. The molecule has 0 radical (unpaired) electrons. The van der Waals surface area contributed by atoms with Gasteiger partial charge in [-0.15, -0.1) is 4.36 Å². The third kappa shape index (κ3) is 7.28. The molecular weight excluding hydrogens is 733 g/mol. The molecule has 3 amide bonds. The molecular formula is C38H46ClF3N4O6S. The summed E-state index contributed by atoms with van der Waals surface area (Å²) in [4.78, 5) is 30.3. The Balaban J connectivity index is 1.26. The highest BCUT2D eigenvalue weighted by Crippen LogP contribution is 2.47. The number of urea groups is 1. The molecule has 2 bridgehead atoms. The number of hydrogen-bond acceptors (Lipinski definition) is 7. The van der Waals surface area contributed by atoms with Gasteiger partial charge in [0, 0.05) is 43.3 Å². The lowest BCUT2D eigenvalue weighted by Crippen LogP contribution is -2.72. The third-order valence-electron chi connectivity index (χ3n) is 11.8. The maximum Gasteiger partial charge on any atom is 0.420 e. The van der Waals surface area contributed by atoms with E-state index in [0.29, 0.717) is 42.8 Å². The fourth-order valence-corrected chi connectivity index (χ4v) is 10.8. The van der Waals surface area contributed by atoms with E-state index in [1.807, 2.05) is 31.2 Å². The quantitative estimate of drug-likeness (QED) is 0.336. The molecule has 0 aromatic heterocycles. The molecule has 2 fully saturated rings. The van der Waals surface area contributed by atoms with Gasteiger partial charge in [0.2, 0.25) is 0 Å². The topological polar surface area (TPSA) is 110 Å². The van der Waals surface area contributed by atoms with Crippen LogP contribution in [-0.4, -0.2) is 91.7 Å². The lowest BCUT2D eigenvalue weighted by molar-refractivity contribution is -0.303. The van der Waals surface area contributed by atoms with Crippen LogP contribution in [0.15, 0.2) is 52.9 Å². The standard InChI is InChI=1S/C38H46ClF3N4O6S/c1-24-6-4-8-32(50-2)29-12-9-27(29)18-45-20-36(15-5-7-25-16-28(39)11-13-30(25)36)23-52-33-14-10-26(17-31(33)45)34(47)43-53(49,19-24)44-35(48)46-21-37(22-46,51-3)38(40,41)42/h4,8,10-11,13-14,16-17,24,27,29,32H,5-7,9,12,15,18-23H2,1-3H3,(H,43,44,47,48,49)/b8-4+/t24-,27-,29+,32-,36-,53?/m0/s1. The summed E-state index contributed by atoms with van der Waals surface area (Å²) in [5, 5.41) is 0.697. The first-order chi connectivity index (χ1) is 25.2. The van der Waals surface area contributed by atoms with Crippen molar-refractivity contribution in [2.75, 3.05) is 57.7 Å². The smallest absolute Gasteiger partial charge is 0.420 e. The highest BCUT2D eigenvalue weighted by atomic mass is 35.5. The van der Waals surface area contributed by atoms with E-state index in [2.05, 4.69) is 20.1 Å². The molecule has 1 saturated heterocycles. The second-order valence-electron chi connectivity index (χ2n) is 15.4. The molecule has 7 rings (SSSR count). The van der Waals surface area contributed by atoms with Crippen molar-refractivity contribution in [3.63, 3.8) is 0 Å². The highest BCUT2D eigenvalue weighted by molar-refractivity contribution is 7.92. The number of halogens is 4. The summed E-state index contributed by atoms with van der Waals surface area (Å²) in [6, 6.07) is 10.1. The monoisotopic (exact) mass is 778 g/mol. The molecule has 6 atom stereocenters. The molecule has 10 nitrogen and oxygen atoms in total. The number of nitrogens with zero attached hydrogens (tertiary/aromatic N) is 3. The van der Waals surface area contributed by atoms with Crippen molar-refractivity contribution in [3.05, 3.63) is 70.3 Å². The Labute approximate surface area is 313 Å². The highest BCUT2D eigenvalue weighted by Gasteiger charge is 2.64. The predicted molar refractivity (Wildman–Crippen MR) is 196 cm³/mol. The van der Waals surface area contributed by atoms with Crippen molar-refractivity contribution < 1.29 is 41.2 Å². The van der Waals surface area contributed by atoms with Gasteiger partial charge in [0.25, 0.3) is 5.91 Å². The Morgan fingerprint density at radius 3 is 2.62 bits per heavy atom. The molecule has 1 N–H and O–H groups in total. The first-order valence-electron chi connectivity index (χ1n) is 18.1. The van der Waals surface area contributed by atoms with Gasteiger partial charge in [0.1, 0.15) is 15.7 Å². The number of benzene rings is 2. The van der Waals surface area contributed by atoms with Gasteiger partial charge < -0.3 is 24.0 Å². The van der Waals surface area contributed by atoms with Gasteiger partial charge in [-0.05, 0) is 97.7 Å². The van der Waals surface area contributed by atoms with Crippen LogP contribution in [0.3, 0.4) is 0 Å². The minimum atomic E-state index is -4.71. The molecule has 1 unspecified atom stereocenters. The first kappa shape index (κ1) is 38.0. The van der Waals surface area contributed by atoms with E-state index in [0.717, 1.165) is 49.8 Å². The minimum absolute atomic E-state index is 0.147. The van der Waals surface area contributed by atoms with E-state index in [-0.39, 0.29) is 34.7 Å². The number of allylic oxidation sites excluding steroid dienone is 1. The van der Waals surface area contributed by atoms with Gasteiger partial charge in [-0.2, -0.15) is 13.2 Å². The SMILES string of the molecule is CO[C@H]1/C=C/C[C@H](C)CS(=O)(NC(=O)N2CC(OC)(C(F)(F)F)C2)=NC(=O)c2ccc3c(c2)N(C[C@@H]2CC[C@H]21)C[C@@]1(CCCc2cc(Cl)ccc21)CO3. The van der Waals surface area contributed by atoms with E-state index in [4.69, 9.17) is 25.8 Å². The molecule has 1 spiro atoms. The Morgan fingerprint density at radius 1 is 1.13 bits per heavy atom. The Hall–Kier alpha value is -3.33. The zero-order valence-corrected chi connectivity index (χ0v) is 31.7. The fraction of sp³-hybridized carbons (Fsp3) is 0.579. The van der Waals surface area contributed by atoms with Crippen molar-refractivity contribution in [1.29, 1.82) is 0 Å². The number of ether oxygens (including phenoxy) is 3. The molecule has 15 heteroatoms. The van der Waals surface area contributed by atoms with Crippen molar-refractivity contribution in [3.8, 4) is 5.75 Å². The second kappa shape index (κ2) is 14.4. The van der Waals surface area contributed by atoms with Crippen LogP contribution in [0, 0.1) is 17.8 Å². The van der Waals surface area contributed by atoms with Crippen molar-refractivity contribution >= 4 is 39.1 Å². The van der Waals surface area contributed by atoms with Crippen molar-refractivity contribution in [1.82, 2.24) is 9.62 Å². The molecule has 3 heterocycles. The van der Waals surface area contributed by atoms with E-state index in [9.17, 15) is 27.0 Å². The zero-order chi connectivity index (χ0) is 37.8. The van der Waals surface area contributed by atoms with E-state index in [1.165, 1.54) is 11.1 Å². The number of fused-ring (bicyclic) bond motifs is 4. The van der Waals surface area contributed by atoms with Crippen LogP contribution >= 0.6 is 11.6 Å². The molecule has 5 aliphatic rings. The summed E-state index contributed by atoms with van der Waals surface area (Å²) in [6.07, 6.45) is 4.44. The lowest BCUT2D eigenvalue weighted by Gasteiger charge is -2.49. The van der Waals surface area contributed by atoms with Gasteiger partial charge in [0.05, 0.1) is 37.2 Å². The Bertz CT molecular complexity index is 1910. The van der Waals surface area contributed by atoms with E-state index < -0.39 is 46.7 Å². The summed E-state index contributed by atoms with van der Waals surface area (Å²) in [7, 11) is -1.17. The molecule has 1 saturated carbocycles. The van der Waals surface area contributed by atoms with Crippen LogP contribution in [-0.2, 0) is 31.2 Å². The summed E-state index contributed by atoms with van der Waals surface area (Å²) < 4.78 is 79.2. The van der Waals surface area contributed by atoms with Gasteiger partial charge >= 0.3 is 12.2 Å². The van der Waals surface area contributed by atoms with Gasteiger partial charge in [-0.3, -0.25) is 9.52 Å². The number of aryl methyl sites for hydroxylation is 1. The summed E-state index contributed by atoms with van der Waals surface area (Å²) in [5.41, 5.74) is 0.462. The van der Waals surface area contributed by atoms with Crippen LogP contribution in [0.5, 0.6) is 5.75 Å². The number of carbonyl (C=O) groups excluding carboxylic acids is 2. The average Bonchev–Trinajstić information content (AvgIpc) is 3.21. The normalized spacial score (nSPS) is 31.8. The lowest BCUT2D eigenvalue weighted by atomic mass is 9.68. The fourth-order valence-electron chi connectivity index (χ4n) is 8.71. The van der Waals surface area contributed by atoms with E-state index >= 15 is 0 Å². The molecule has 2 aromatic rings. The van der Waals surface area contributed by atoms with Crippen LogP contribution < -0.4 is 14.4 Å². The van der Waals surface area contributed by atoms with Crippen molar-refractivity contribution in [2.45, 2.75) is 68.7 Å². The average molecular weight is 779 g/mol. The Morgan fingerprint density at radius 2 is 1.92 bits per heavy atom. The molecule has 2 aliphatic carbocycles. The summed E-state index contributed by atoms with van der Waals surface area (Å²) in [6.45, 7) is 2.05. The molecule has 53 heavy (non-hydrogen) atoms. The second-order valence-corrected chi connectivity index (χ2v) is 17.9. The number of amides is 3. The maximum absolute atomic E-state index is 14.4. The molecule has 288 valence electrons. The third-order valence-corrected chi connectivity index (χ3v) is 14.1. The predicted octanol–water partition coefficient (Wildman–Crippen LogP) is 6.95. The number of anilines is 1. The van der Waals surface area contributed by atoms with Crippen LogP contribution in [0.2, 0.25) is 5.02 Å². The first-order valence-corrected chi connectivity index (χ1v) is 20.2. The Kier molecular flexibility index (Phi) is 10.3. The van der Waals surface area contributed by atoms with Gasteiger partial charge in [-0.1, -0.05) is 36.7 Å². The van der Waals surface area contributed by atoms with Crippen LogP contribution in [0.25, 0.3) is 0 Å². The zero-order valence-electron chi connectivity index (χ0n) is 30.1. The number of likely N-dealkylation sites (tertiary alicyclic amines) is 1.